The Bertz CT molecular complexity index is 914. The monoisotopic (exact) mass is 371 g/mol. The minimum Gasteiger partial charge on any atom is -0.497 e. The van der Waals surface area contributed by atoms with Crippen molar-refractivity contribution in [3.8, 4) is 16.3 Å². The molecule has 0 aliphatic carbocycles. The molecule has 0 bridgehead atoms. The summed E-state index contributed by atoms with van der Waals surface area (Å²) in [4.78, 5) is 6.85. The number of ether oxygens (including phenoxy) is 1. The molecule has 0 N–H and O–H groups in total. The van der Waals surface area contributed by atoms with Crippen molar-refractivity contribution in [1.82, 2.24) is 4.68 Å². The van der Waals surface area contributed by atoms with Crippen molar-refractivity contribution >= 4 is 34.1 Å². The van der Waals surface area contributed by atoms with Crippen molar-refractivity contribution in [3.63, 3.8) is 0 Å². The fourth-order valence-electron chi connectivity index (χ4n) is 2.39. The fraction of sp³-hybridized carbons (Fsp3) is 0.263. The van der Waals surface area contributed by atoms with Crippen LogP contribution in [0.2, 0.25) is 0 Å². The molecule has 0 saturated carbocycles. The minimum atomic E-state index is 0.800. The number of aromatic nitrogens is 1. The van der Waals surface area contributed by atoms with Gasteiger partial charge < -0.3 is 4.74 Å². The largest absolute Gasteiger partial charge is 0.497 e. The van der Waals surface area contributed by atoms with E-state index in [1.54, 1.807) is 29.8 Å². The number of thiazole rings is 1. The molecule has 3 rings (SSSR count). The molecule has 4 nitrogen and oxygen atoms in total. The van der Waals surface area contributed by atoms with Crippen LogP contribution in [-0.4, -0.2) is 17.5 Å². The molecular weight excluding hydrogens is 350 g/mol. The third-order valence-electron chi connectivity index (χ3n) is 3.79. The summed E-state index contributed by atoms with van der Waals surface area (Å²) < 4.78 is 7.27. The average molecular weight is 372 g/mol. The zero-order valence-corrected chi connectivity index (χ0v) is 16.2. The van der Waals surface area contributed by atoms with E-state index in [0.29, 0.717) is 0 Å². The van der Waals surface area contributed by atoms with Gasteiger partial charge in [0.2, 0.25) is 4.80 Å². The first kappa shape index (κ1) is 17.6. The van der Waals surface area contributed by atoms with Crippen molar-refractivity contribution in [2.45, 2.75) is 26.7 Å². The Morgan fingerprint density at radius 3 is 2.64 bits per heavy atom. The second-order valence-electron chi connectivity index (χ2n) is 5.38. The van der Waals surface area contributed by atoms with Crippen molar-refractivity contribution in [2.24, 2.45) is 10.1 Å². The summed E-state index contributed by atoms with van der Waals surface area (Å²) in [6.07, 6.45) is 1.86. The third kappa shape index (κ3) is 4.08. The first-order chi connectivity index (χ1) is 12.2. The maximum atomic E-state index is 5.30. The van der Waals surface area contributed by atoms with Gasteiger partial charge in [0.15, 0.2) is 0 Å². The molecule has 2 heterocycles. The van der Waals surface area contributed by atoms with E-state index >= 15 is 0 Å². The molecule has 0 saturated heterocycles. The van der Waals surface area contributed by atoms with Crippen LogP contribution in [0.3, 0.4) is 0 Å². The summed E-state index contributed by atoms with van der Waals surface area (Å²) in [7, 11) is 1.67. The van der Waals surface area contributed by atoms with Crippen LogP contribution < -0.4 is 9.54 Å². The van der Waals surface area contributed by atoms with E-state index in [1.165, 1.54) is 4.88 Å². The summed E-state index contributed by atoms with van der Waals surface area (Å²) in [5, 5.41) is 9.08. The van der Waals surface area contributed by atoms with Gasteiger partial charge in [0.1, 0.15) is 5.75 Å². The van der Waals surface area contributed by atoms with Gasteiger partial charge in [-0.1, -0.05) is 26.0 Å². The lowest BCUT2D eigenvalue weighted by molar-refractivity contribution is 0.415. The highest BCUT2D eigenvalue weighted by Gasteiger charge is 2.09. The van der Waals surface area contributed by atoms with Gasteiger partial charge in [-0.25, -0.2) is 9.67 Å². The molecule has 25 heavy (non-hydrogen) atoms. The van der Waals surface area contributed by atoms with Gasteiger partial charge in [-0.05, 0) is 36.4 Å². The standard InChI is InChI=1S/C19H21N3OS2/c1-4-14(5-2)21-22-17(18-10-7-11-24-18)13-25-19(22)20-15-8-6-9-16(12-15)23-3/h6-13H,4-5H2,1-3H3. The number of rotatable bonds is 6. The SMILES string of the molecule is CCC(CC)=Nn1c(-c2cccs2)csc1=Nc1cccc(OC)c1. The average Bonchev–Trinajstić information content (AvgIpc) is 3.30. The number of hydrogen-bond donors (Lipinski definition) is 0. The van der Waals surface area contributed by atoms with Crippen LogP contribution in [0.15, 0.2) is 57.3 Å². The van der Waals surface area contributed by atoms with Gasteiger partial charge in [-0.3, -0.25) is 0 Å². The predicted molar refractivity (Wildman–Crippen MR) is 107 cm³/mol. The Hall–Kier alpha value is -2.18. The molecule has 0 radical (unpaired) electrons. The van der Waals surface area contributed by atoms with E-state index in [0.717, 1.165) is 40.5 Å². The highest BCUT2D eigenvalue weighted by Crippen LogP contribution is 2.26. The molecule has 0 unspecified atom stereocenters. The van der Waals surface area contributed by atoms with Gasteiger partial charge in [0.05, 0.1) is 23.4 Å². The van der Waals surface area contributed by atoms with Crippen molar-refractivity contribution in [2.75, 3.05) is 7.11 Å². The molecule has 130 valence electrons. The minimum absolute atomic E-state index is 0.800. The number of methoxy groups -OCH3 is 1. The summed E-state index contributed by atoms with van der Waals surface area (Å²) >= 11 is 3.31. The van der Waals surface area contributed by atoms with Crippen LogP contribution in [0.4, 0.5) is 5.69 Å². The maximum Gasteiger partial charge on any atom is 0.211 e. The number of hydrogen-bond acceptors (Lipinski definition) is 5. The van der Waals surface area contributed by atoms with Crippen molar-refractivity contribution in [1.29, 1.82) is 0 Å². The summed E-state index contributed by atoms with van der Waals surface area (Å²) in [6, 6.07) is 11.9. The van der Waals surface area contributed by atoms with E-state index in [-0.39, 0.29) is 0 Å². The quantitative estimate of drug-likeness (QED) is 0.524. The second-order valence-corrected chi connectivity index (χ2v) is 7.16. The van der Waals surface area contributed by atoms with Crippen molar-refractivity contribution < 1.29 is 4.74 Å². The highest BCUT2D eigenvalue weighted by atomic mass is 32.1. The van der Waals surface area contributed by atoms with Gasteiger partial charge in [-0.2, -0.15) is 5.10 Å². The normalized spacial score (nSPS) is 11.6. The zero-order chi connectivity index (χ0) is 17.6. The highest BCUT2D eigenvalue weighted by molar-refractivity contribution is 7.14. The fourth-order valence-corrected chi connectivity index (χ4v) is 4.03. The van der Waals surface area contributed by atoms with Gasteiger partial charge in [0, 0.05) is 17.2 Å². The Labute approximate surface area is 155 Å². The van der Waals surface area contributed by atoms with Crippen LogP contribution in [0.1, 0.15) is 26.7 Å². The van der Waals surface area contributed by atoms with Crippen LogP contribution in [0.25, 0.3) is 10.6 Å². The lowest BCUT2D eigenvalue weighted by Gasteiger charge is -2.05. The Balaban J connectivity index is 2.16. The van der Waals surface area contributed by atoms with E-state index in [2.05, 4.69) is 36.7 Å². The van der Waals surface area contributed by atoms with Crippen LogP contribution in [0.5, 0.6) is 5.75 Å². The van der Waals surface area contributed by atoms with Gasteiger partial charge in [-0.15, -0.1) is 22.7 Å². The molecule has 0 amide bonds. The van der Waals surface area contributed by atoms with Gasteiger partial charge >= 0.3 is 0 Å². The molecule has 0 atom stereocenters. The van der Waals surface area contributed by atoms with Crippen LogP contribution in [0, 0.1) is 0 Å². The Kier molecular flexibility index (Phi) is 5.83. The molecule has 1 aromatic carbocycles. The lowest BCUT2D eigenvalue weighted by Crippen LogP contribution is -2.13. The molecule has 0 fully saturated rings. The number of benzene rings is 1. The molecule has 2 aromatic heterocycles. The van der Waals surface area contributed by atoms with Crippen LogP contribution in [-0.2, 0) is 0 Å². The Morgan fingerprint density at radius 2 is 1.96 bits per heavy atom. The molecule has 6 heteroatoms. The summed E-state index contributed by atoms with van der Waals surface area (Å²) in [5.74, 6) is 0.800. The smallest absolute Gasteiger partial charge is 0.211 e. The Morgan fingerprint density at radius 1 is 1.12 bits per heavy atom. The third-order valence-corrected chi connectivity index (χ3v) is 5.50. The van der Waals surface area contributed by atoms with E-state index < -0.39 is 0 Å². The zero-order valence-electron chi connectivity index (χ0n) is 14.6. The molecule has 3 aromatic rings. The lowest BCUT2D eigenvalue weighted by atomic mass is 10.2. The van der Waals surface area contributed by atoms with E-state index in [9.17, 15) is 0 Å². The van der Waals surface area contributed by atoms with Gasteiger partial charge in [0.25, 0.3) is 0 Å². The maximum absolute atomic E-state index is 5.30. The summed E-state index contributed by atoms with van der Waals surface area (Å²) in [5.41, 5.74) is 3.10. The molecule has 0 spiro atoms. The van der Waals surface area contributed by atoms with Crippen LogP contribution >= 0.6 is 22.7 Å². The molecular formula is C19H21N3OS2. The second kappa shape index (κ2) is 8.27. The summed E-state index contributed by atoms with van der Waals surface area (Å²) in [6.45, 7) is 4.28. The van der Waals surface area contributed by atoms with Crippen molar-refractivity contribution in [3.05, 3.63) is 52.0 Å². The predicted octanol–water partition coefficient (Wildman–Crippen LogP) is 5.54. The molecule has 0 aliphatic rings. The topological polar surface area (TPSA) is 38.9 Å². The van der Waals surface area contributed by atoms with E-state index in [1.807, 2.05) is 28.9 Å². The number of thiophene rings is 1. The number of nitrogens with zero attached hydrogens (tertiary/aromatic N) is 3. The first-order valence-corrected chi connectivity index (χ1v) is 10.0. The van der Waals surface area contributed by atoms with E-state index in [4.69, 9.17) is 14.8 Å². The first-order valence-electron chi connectivity index (χ1n) is 8.25. The molecule has 0 aliphatic heterocycles.